The van der Waals surface area contributed by atoms with E-state index in [0.717, 1.165) is 21.4 Å². The highest BCUT2D eigenvalue weighted by Crippen LogP contribution is 2.28. The zero-order valence-corrected chi connectivity index (χ0v) is 13.7. The van der Waals surface area contributed by atoms with Crippen LogP contribution in [-0.2, 0) is 11.3 Å². The maximum atomic E-state index is 11.6. The van der Waals surface area contributed by atoms with E-state index in [-0.39, 0.29) is 5.76 Å². The monoisotopic (exact) mass is 352 g/mol. The van der Waals surface area contributed by atoms with E-state index in [1.54, 1.807) is 6.07 Å². The Labute approximate surface area is 132 Å². The predicted molar refractivity (Wildman–Crippen MR) is 85.8 cm³/mol. The van der Waals surface area contributed by atoms with Gasteiger partial charge in [-0.3, -0.25) is 0 Å². The third-order valence-electron chi connectivity index (χ3n) is 3.03. The second-order valence-corrected chi connectivity index (χ2v) is 5.59. The summed E-state index contributed by atoms with van der Waals surface area (Å²) in [7, 11) is 5.29. The minimum atomic E-state index is -0.473. The third-order valence-corrected chi connectivity index (χ3v) is 3.52. The highest BCUT2D eigenvalue weighted by atomic mass is 79.9. The molecule has 0 aliphatic rings. The van der Waals surface area contributed by atoms with Crippen LogP contribution in [0.15, 0.2) is 39.4 Å². The highest BCUT2D eigenvalue weighted by molar-refractivity contribution is 9.10. The molecule has 0 amide bonds. The number of anilines is 2. The molecule has 0 saturated heterocycles. The number of carbonyl (C=O) groups is 1. The van der Waals surface area contributed by atoms with Crippen molar-refractivity contribution in [2.45, 2.75) is 6.54 Å². The first-order chi connectivity index (χ1) is 10.0. The molecule has 0 bridgehead atoms. The van der Waals surface area contributed by atoms with Crippen LogP contribution in [0.4, 0.5) is 11.4 Å². The van der Waals surface area contributed by atoms with Crippen LogP contribution < -0.4 is 10.2 Å². The fraction of sp³-hybridized carbons (Fsp3) is 0.267. The van der Waals surface area contributed by atoms with E-state index in [2.05, 4.69) is 21.2 Å². The van der Waals surface area contributed by atoms with Crippen molar-refractivity contribution in [3.63, 3.8) is 0 Å². The number of rotatable bonds is 5. The predicted octanol–water partition coefficient (Wildman–Crippen LogP) is 3.51. The molecule has 0 aliphatic carbocycles. The second kappa shape index (κ2) is 6.67. The fourth-order valence-corrected chi connectivity index (χ4v) is 2.34. The Hall–Kier alpha value is -1.95. The Bertz CT molecular complexity index is 638. The van der Waals surface area contributed by atoms with Crippen LogP contribution in [0.1, 0.15) is 16.1 Å². The molecule has 1 aromatic heterocycles. The van der Waals surface area contributed by atoms with Crippen LogP contribution in [0.2, 0.25) is 0 Å². The maximum absolute atomic E-state index is 11.6. The van der Waals surface area contributed by atoms with Gasteiger partial charge in [0.05, 0.1) is 24.7 Å². The van der Waals surface area contributed by atoms with Gasteiger partial charge in [0.1, 0.15) is 0 Å². The Balaban J connectivity index is 2.19. The number of nitrogens with zero attached hydrogens (tertiary/aromatic N) is 1. The van der Waals surface area contributed by atoms with Gasteiger partial charge >= 0.3 is 5.97 Å². The van der Waals surface area contributed by atoms with Crippen molar-refractivity contribution in [1.29, 1.82) is 0 Å². The molecule has 0 radical (unpaired) electrons. The van der Waals surface area contributed by atoms with E-state index in [1.807, 2.05) is 37.2 Å². The van der Waals surface area contributed by atoms with Crippen LogP contribution in [0.25, 0.3) is 0 Å². The molecule has 0 saturated carbocycles. The summed E-state index contributed by atoms with van der Waals surface area (Å²) in [5, 5.41) is 3.32. The van der Waals surface area contributed by atoms with Crippen LogP contribution in [-0.4, -0.2) is 27.2 Å². The number of nitrogens with one attached hydrogen (secondary N) is 1. The number of methoxy groups -OCH3 is 1. The van der Waals surface area contributed by atoms with Gasteiger partial charge in [0.15, 0.2) is 0 Å². The fourth-order valence-electron chi connectivity index (χ4n) is 1.98. The Morgan fingerprint density at radius 3 is 2.81 bits per heavy atom. The van der Waals surface area contributed by atoms with E-state index in [1.165, 1.54) is 13.4 Å². The zero-order chi connectivity index (χ0) is 15.4. The smallest absolute Gasteiger partial charge is 0.374 e. The standard InChI is InChI=1S/C15H17BrN2O3/c1-18(2)13-5-4-11(16)8-12(13)17-9-10-6-7-21-14(10)15(19)20-3/h4-8,17H,9H2,1-3H3. The van der Waals surface area contributed by atoms with Crippen molar-refractivity contribution in [2.75, 3.05) is 31.4 Å². The molecule has 1 heterocycles. The van der Waals surface area contributed by atoms with Gasteiger partial charge in [-0.2, -0.15) is 0 Å². The van der Waals surface area contributed by atoms with Crippen LogP contribution in [0.5, 0.6) is 0 Å². The topological polar surface area (TPSA) is 54.7 Å². The quantitative estimate of drug-likeness (QED) is 0.834. The molecule has 0 fully saturated rings. The van der Waals surface area contributed by atoms with Gasteiger partial charge in [-0.25, -0.2) is 4.79 Å². The molecule has 0 unspecified atom stereocenters. The van der Waals surface area contributed by atoms with E-state index in [9.17, 15) is 4.79 Å². The number of halogens is 1. The summed E-state index contributed by atoms with van der Waals surface area (Å²) >= 11 is 3.46. The average Bonchev–Trinajstić information content (AvgIpc) is 2.92. The lowest BCUT2D eigenvalue weighted by Gasteiger charge is -2.18. The molecule has 5 nitrogen and oxygen atoms in total. The first-order valence-electron chi connectivity index (χ1n) is 6.38. The molecule has 112 valence electrons. The largest absolute Gasteiger partial charge is 0.463 e. The minimum Gasteiger partial charge on any atom is -0.463 e. The number of hydrogen-bond donors (Lipinski definition) is 1. The van der Waals surface area contributed by atoms with Gasteiger partial charge in [-0.05, 0) is 24.3 Å². The van der Waals surface area contributed by atoms with Crippen LogP contribution in [0.3, 0.4) is 0 Å². The van der Waals surface area contributed by atoms with Gasteiger partial charge in [0.25, 0.3) is 0 Å². The minimum absolute atomic E-state index is 0.228. The maximum Gasteiger partial charge on any atom is 0.374 e. The van der Waals surface area contributed by atoms with E-state index < -0.39 is 5.97 Å². The third kappa shape index (κ3) is 3.58. The number of ether oxygens (including phenoxy) is 1. The van der Waals surface area contributed by atoms with Crippen LogP contribution >= 0.6 is 15.9 Å². The van der Waals surface area contributed by atoms with Gasteiger partial charge in [-0.15, -0.1) is 0 Å². The second-order valence-electron chi connectivity index (χ2n) is 4.68. The number of esters is 1. The van der Waals surface area contributed by atoms with Crippen molar-refractivity contribution in [3.8, 4) is 0 Å². The summed E-state index contributed by atoms with van der Waals surface area (Å²) < 4.78 is 10.8. The highest BCUT2D eigenvalue weighted by Gasteiger charge is 2.16. The molecule has 0 atom stereocenters. The molecule has 21 heavy (non-hydrogen) atoms. The van der Waals surface area contributed by atoms with E-state index in [0.29, 0.717) is 6.54 Å². The molecule has 0 spiro atoms. The number of carbonyl (C=O) groups excluding carboxylic acids is 1. The average molecular weight is 353 g/mol. The lowest BCUT2D eigenvalue weighted by atomic mass is 10.2. The summed E-state index contributed by atoms with van der Waals surface area (Å²) in [4.78, 5) is 13.6. The molecule has 6 heteroatoms. The summed E-state index contributed by atoms with van der Waals surface area (Å²) in [5.74, 6) is -0.245. The molecule has 0 aliphatic heterocycles. The first-order valence-corrected chi connectivity index (χ1v) is 7.17. The molecule has 2 aromatic rings. The van der Waals surface area contributed by atoms with Gasteiger partial charge in [0.2, 0.25) is 5.76 Å². The van der Waals surface area contributed by atoms with Gasteiger partial charge in [-0.1, -0.05) is 15.9 Å². The van der Waals surface area contributed by atoms with Crippen molar-refractivity contribution in [3.05, 3.63) is 46.3 Å². The summed E-state index contributed by atoms with van der Waals surface area (Å²) in [6.45, 7) is 0.470. The molecule has 1 N–H and O–H groups in total. The van der Waals surface area contributed by atoms with Crippen molar-refractivity contribution in [2.24, 2.45) is 0 Å². The zero-order valence-electron chi connectivity index (χ0n) is 12.1. The molecule has 1 aromatic carbocycles. The van der Waals surface area contributed by atoms with Crippen molar-refractivity contribution < 1.29 is 13.9 Å². The number of hydrogen-bond acceptors (Lipinski definition) is 5. The molecule has 2 rings (SSSR count). The first kappa shape index (κ1) is 15.4. The lowest BCUT2D eigenvalue weighted by Crippen LogP contribution is -2.13. The SMILES string of the molecule is COC(=O)c1occc1CNc1cc(Br)ccc1N(C)C. The number of furan rings is 1. The van der Waals surface area contributed by atoms with Crippen LogP contribution in [0, 0.1) is 0 Å². The Kier molecular flexibility index (Phi) is 4.90. The van der Waals surface area contributed by atoms with Crippen molar-refractivity contribution in [1.82, 2.24) is 0 Å². The summed E-state index contributed by atoms with van der Waals surface area (Å²) in [6.07, 6.45) is 1.48. The Morgan fingerprint density at radius 1 is 1.38 bits per heavy atom. The summed E-state index contributed by atoms with van der Waals surface area (Å²) in [5.41, 5.74) is 2.78. The number of benzene rings is 1. The summed E-state index contributed by atoms with van der Waals surface area (Å²) in [6, 6.07) is 7.75. The molecular formula is C15H17BrN2O3. The lowest BCUT2D eigenvalue weighted by molar-refractivity contribution is 0.0563. The molecular weight excluding hydrogens is 336 g/mol. The van der Waals surface area contributed by atoms with Gasteiger partial charge < -0.3 is 19.4 Å². The van der Waals surface area contributed by atoms with Crippen molar-refractivity contribution >= 4 is 33.3 Å². The normalized spacial score (nSPS) is 10.3. The Morgan fingerprint density at radius 2 is 2.14 bits per heavy atom. The van der Waals surface area contributed by atoms with Gasteiger partial charge in [0, 0.05) is 30.7 Å². The van der Waals surface area contributed by atoms with E-state index >= 15 is 0 Å². The van der Waals surface area contributed by atoms with E-state index in [4.69, 9.17) is 9.15 Å².